The number of carbonyl (C=O) groups is 3. The summed E-state index contributed by atoms with van der Waals surface area (Å²) in [6, 6.07) is 7.98. The van der Waals surface area contributed by atoms with Gasteiger partial charge < -0.3 is 14.8 Å². The summed E-state index contributed by atoms with van der Waals surface area (Å²) in [5.41, 5.74) is 2.09. The van der Waals surface area contributed by atoms with Crippen LogP contribution in [0.4, 0.5) is 11.4 Å². The van der Waals surface area contributed by atoms with Gasteiger partial charge in [-0.3, -0.25) is 9.10 Å². The molecule has 0 fully saturated rings. The van der Waals surface area contributed by atoms with E-state index in [9.17, 15) is 22.8 Å². The fourth-order valence-corrected chi connectivity index (χ4v) is 4.46. The summed E-state index contributed by atoms with van der Waals surface area (Å²) in [6.45, 7) is 5.07. The Labute approximate surface area is 187 Å². The highest BCUT2D eigenvalue weighted by molar-refractivity contribution is 7.92. The zero-order valence-corrected chi connectivity index (χ0v) is 19.6. The first kappa shape index (κ1) is 24.9. The topological polar surface area (TPSA) is 119 Å². The molecule has 0 heterocycles. The molecule has 1 N–H and O–H groups in total. The predicted molar refractivity (Wildman–Crippen MR) is 120 cm³/mol. The lowest BCUT2D eigenvalue weighted by molar-refractivity contribution is -0.116. The van der Waals surface area contributed by atoms with Crippen LogP contribution in [0.25, 0.3) is 0 Å². The van der Waals surface area contributed by atoms with Crippen LogP contribution < -0.4 is 9.62 Å². The molecule has 32 heavy (non-hydrogen) atoms. The molecule has 0 aliphatic rings. The Hall–Kier alpha value is -3.40. The van der Waals surface area contributed by atoms with Gasteiger partial charge in [-0.25, -0.2) is 18.0 Å². The number of methoxy groups -OCH3 is 2. The molecular weight excluding hydrogens is 436 g/mol. The van der Waals surface area contributed by atoms with Crippen LogP contribution in [0.2, 0.25) is 0 Å². The molecule has 0 saturated carbocycles. The van der Waals surface area contributed by atoms with Crippen molar-refractivity contribution in [1.29, 1.82) is 0 Å². The van der Waals surface area contributed by atoms with Crippen LogP contribution in [0.15, 0.2) is 36.4 Å². The summed E-state index contributed by atoms with van der Waals surface area (Å²) in [6.07, 6.45) is 1.01. The van der Waals surface area contributed by atoms with Gasteiger partial charge in [-0.1, -0.05) is 6.07 Å². The molecule has 10 heteroatoms. The van der Waals surface area contributed by atoms with Gasteiger partial charge in [0, 0.05) is 0 Å². The van der Waals surface area contributed by atoms with Gasteiger partial charge in [-0.05, 0) is 62.2 Å². The number of rotatable bonds is 7. The van der Waals surface area contributed by atoms with Crippen molar-refractivity contribution in [3.8, 4) is 0 Å². The van der Waals surface area contributed by atoms with E-state index < -0.39 is 33.9 Å². The smallest absolute Gasteiger partial charge is 0.339 e. The molecule has 2 aromatic rings. The van der Waals surface area contributed by atoms with Gasteiger partial charge in [0.15, 0.2) is 0 Å². The van der Waals surface area contributed by atoms with E-state index in [2.05, 4.69) is 10.1 Å². The molecule has 0 bridgehead atoms. The number of aryl methyl sites for hydroxylation is 2. The Morgan fingerprint density at radius 1 is 0.938 bits per heavy atom. The number of hydrogen-bond donors (Lipinski definition) is 1. The fraction of sp³-hybridized carbons (Fsp3) is 0.318. The van der Waals surface area contributed by atoms with Crippen molar-refractivity contribution in [2.45, 2.75) is 26.8 Å². The highest BCUT2D eigenvalue weighted by atomic mass is 32.2. The predicted octanol–water partition coefficient (Wildman–Crippen LogP) is 2.67. The molecule has 0 aliphatic carbocycles. The maximum atomic E-state index is 13.1. The number of amides is 1. The summed E-state index contributed by atoms with van der Waals surface area (Å²) in [4.78, 5) is 37.1. The lowest BCUT2D eigenvalue weighted by atomic mass is 10.1. The second kappa shape index (κ2) is 9.82. The van der Waals surface area contributed by atoms with Crippen molar-refractivity contribution in [2.24, 2.45) is 0 Å². The van der Waals surface area contributed by atoms with Crippen LogP contribution in [0.5, 0.6) is 0 Å². The molecule has 172 valence electrons. The third-order valence-electron chi connectivity index (χ3n) is 4.65. The summed E-state index contributed by atoms with van der Waals surface area (Å²) in [7, 11) is -1.46. The van der Waals surface area contributed by atoms with E-state index in [0.29, 0.717) is 5.69 Å². The second-order valence-corrected chi connectivity index (χ2v) is 9.17. The van der Waals surface area contributed by atoms with Crippen LogP contribution >= 0.6 is 0 Å². The molecule has 0 aliphatic heterocycles. The Bertz CT molecular complexity index is 1140. The van der Waals surface area contributed by atoms with Crippen molar-refractivity contribution in [3.63, 3.8) is 0 Å². The summed E-state index contributed by atoms with van der Waals surface area (Å²) >= 11 is 0. The zero-order valence-electron chi connectivity index (χ0n) is 18.8. The number of sulfonamides is 1. The zero-order chi connectivity index (χ0) is 24.2. The Morgan fingerprint density at radius 3 is 2.00 bits per heavy atom. The maximum Gasteiger partial charge on any atom is 0.339 e. The van der Waals surface area contributed by atoms with E-state index in [1.54, 1.807) is 12.1 Å². The van der Waals surface area contributed by atoms with Gasteiger partial charge in [0.05, 0.1) is 43.0 Å². The normalized spacial score (nSPS) is 11.9. The molecule has 0 radical (unpaired) electrons. The van der Waals surface area contributed by atoms with Crippen molar-refractivity contribution < 1.29 is 32.3 Å². The van der Waals surface area contributed by atoms with Crippen LogP contribution in [-0.4, -0.2) is 52.8 Å². The van der Waals surface area contributed by atoms with Gasteiger partial charge in [0.1, 0.15) is 6.04 Å². The Morgan fingerprint density at radius 2 is 1.50 bits per heavy atom. The fourth-order valence-electron chi connectivity index (χ4n) is 3.30. The third-order valence-corrected chi connectivity index (χ3v) is 5.89. The molecule has 2 rings (SSSR count). The minimum Gasteiger partial charge on any atom is -0.465 e. The number of anilines is 2. The number of nitrogens with one attached hydrogen (secondary N) is 1. The standard InChI is InChI=1S/C22H26N2O7S/c1-13-9-14(2)11-17(10-13)24(32(6,28)29)15(3)20(25)23-19-12-16(21(26)30-4)7-8-18(19)22(27)31-5/h7-12,15H,1-6H3,(H,23,25). The largest absolute Gasteiger partial charge is 0.465 e. The summed E-state index contributed by atoms with van der Waals surface area (Å²) < 4.78 is 35.5. The first-order valence-corrected chi connectivity index (χ1v) is 11.4. The molecule has 9 nitrogen and oxygen atoms in total. The average molecular weight is 463 g/mol. The number of benzene rings is 2. The van der Waals surface area contributed by atoms with E-state index in [1.807, 2.05) is 19.9 Å². The van der Waals surface area contributed by atoms with Crippen LogP contribution in [0, 0.1) is 13.8 Å². The van der Waals surface area contributed by atoms with Gasteiger partial charge in [0.2, 0.25) is 15.9 Å². The van der Waals surface area contributed by atoms with E-state index in [0.717, 1.165) is 21.7 Å². The number of esters is 2. The van der Waals surface area contributed by atoms with E-state index in [1.165, 1.54) is 39.3 Å². The third kappa shape index (κ3) is 5.64. The number of carbonyl (C=O) groups excluding carboxylic acids is 3. The minimum absolute atomic E-state index is 0.00184. The minimum atomic E-state index is -3.84. The molecule has 1 unspecified atom stereocenters. The van der Waals surface area contributed by atoms with E-state index in [4.69, 9.17) is 4.74 Å². The first-order valence-electron chi connectivity index (χ1n) is 9.58. The lowest BCUT2D eigenvalue weighted by Gasteiger charge is -2.29. The maximum absolute atomic E-state index is 13.1. The second-order valence-electron chi connectivity index (χ2n) is 7.31. The van der Waals surface area contributed by atoms with Gasteiger partial charge in [0.25, 0.3) is 0 Å². The Balaban J connectivity index is 2.49. The van der Waals surface area contributed by atoms with Crippen LogP contribution in [0.3, 0.4) is 0 Å². The molecular formula is C22H26N2O7S. The first-order chi connectivity index (χ1) is 14.9. The van der Waals surface area contributed by atoms with Crippen LogP contribution in [-0.2, 0) is 24.3 Å². The van der Waals surface area contributed by atoms with E-state index >= 15 is 0 Å². The Kier molecular flexibility index (Phi) is 7.63. The van der Waals surface area contributed by atoms with Crippen molar-refractivity contribution in [3.05, 3.63) is 58.7 Å². The summed E-state index contributed by atoms with van der Waals surface area (Å²) in [5, 5.41) is 2.54. The van der Waals surface area contributed by atoms with Gasteiger partial charge in [-0.15, -0.1) is 0 Å². The number of hydrogen-bond acceptors (Lipinski definition) is 7. The SMILES string of the molecule is COC(=O)c1ccc(C(=O)OC)c(NC(=O)C(C)N(c2cc(C)cc(C)c2)S(C)(=O)=O)c1. The molecule has 1 atom stereocenters. The van der Waals surface area contributed by atoms with Crippen molar-refractivity contribution in [2.75, 3.05) is 30.1 Å². The monoisotopic (exact) mass is 462 g/mol. The lowest BCUT2D eigenvalue weighted by Crippen LogP contribution is -2.45. The van der Waals surface area contributed by atoms with Gasteiger partial charge >= 0.3 is 11.9 Å². The molecule has 2 aromatic carbocycles. The number of ether oxygens (including phenoxy) is 2. The summed E-state index contributed by atoms with van der Waals surface area (Å²) in [5.74, 6) is -2.11. The highest BCUT2D eigenvalue weighted by Gasteiger charge is 2.30. The quantitative estimate of drug-likeness (QED) is 0.628. The molecule has 1 amide bonds. The van der Waals surface area contributed by atoms with E-state index in [-0.39, 0.29) is 16.8 Å². The average Bonchev–Trinajstić information content (AvgIpc) is 2.70. The number of nitrogens with zero attached hydrogens (tertiary/aromatic N) is 1. The van der Waals surface area contributed by atoms with Crippen molar-refractivity contribution in [1.82, 2.24) is 0 Å². The van der Waals surface area contributed by atoms with Crippen LogP contribution in [0.1, 0.15) is 38.8 Å². The molecule has 0 saturated heterocycles. The highest BCUT2D eigenvalue weighted by Crippen LogP contribution is 2.25. The van der Waals surface area contributed by atoms with Crippen molar-refractivity contribution >= 4 is 39.2 Å². The van der Waals surface area contributed by atoms with Gasteiger partial charge in [-0.2, -0.15) is 0 Å². The molecule has 0 aromatic heterocycles. The molecule has 0 spiro atoms.